The van der Waals surface area contributed by atoms with E-state index < -0.39 is 0 Å². The van der Waals surface area contributed by atoms with E-state index in [1.54, 1.807) is 0 Å². The number of ether oxygens (including phenoxy) is 1. The van der Waals surface area contributed by atoms with E-state index in [0.29, 0.717) is 26.2 Å². The van der Waals surface area contributed by atoms with Crippen LogP contribution in [0.1, 0.15) is 25.3 Å². The summed E-state index contributed by atoms with van der Waals surface area (Å²) in [4.78, 5) is 11.4. The first-order valence-electron chi connectivity index (χ1n) is 5.91. The highest BCUT2D eigenvalue weighted by Crippen LogP contribution is 2.04. The van der Waals surface area contributed by atoms with Crippen LogP contribution in [-0.4, -0.2) is 19.1 Å². The van der Waals surface area contributed by atoms with E-state index in [0.717, 1.165) is 17.7 Å². The van der Waals surface area contributed by atoms with Crippen LogP contribution in [0.3, 0.4) is 0 Å². The minimum absolute atomic E-state index is 0.0120. The van der Waals surface area contributed by atoms with Gasteiger partial charge in [0.1, 0.15) is 0 Å². The SMILES string of the molecule is CCCOCCC(=O)NCc1ccc(N)cc1. The lowest BCUT2D eigenvalue weighted by molar-refractivity contribution is -0.122. The van der Waals surface area contributed by atoms with E-state index in [1.165, 1.54) is 0 Å². The van der Waals surface area contributed by atoms with Gasteiger partial charge in [-0.3, -0.25) is 4.79 Å². The molecule has 0 unspecified atom stereocenters. The number of carbonyl (C=O) groups is 1. The number of rotatable bonds is 7. The number of carbonyl (C=O) groups excluding carboxylic acids is 1. The van der Waals surface area contributed by atoms with Gasteiger partial charge < -0.3 is 15.8 Å². The fraction of sp³-hybridized carbons (Fsp3) is 0.462. The van der Waals surface area contributed by atoms with Crippen molar-refractivity contribution in [3.05, 3.63) is 29.8 Å². The number of hydrogen-bond acceptors (Lipinski definition) is 3. The standard InChI is InChI=1S/C13H20N2O2/c1-2-8-17-9-7-13(16)15-10-11-3-5-12(14)6-4-11/h3-6H,2,7-10,14H2,1H3,(H,15,16). The fourth-order valence-electron chi connectivity index (χ4n) is 1.34. The highest BCUT2D eigenvalue weighted by Gasteiger charge is 2.00. The molecule has 0 saturated heterocycles. The highest BCUT2D eigenvalue weighted by molar-refractivity contribution is 5.75. The van der Waals surface area contributed by atoms with E-state index >= 15 is 0 Å². The Balaban J connectivity index is 2.17. The van der Waals surface area contributed by atoms with Gasteiger partial charge in [0.05, 0.1) is 6.61 Å². The third kappa shape index (κ3) is 5.92. The topological polar surface area (TPSA) is 64.3 Å². The molecule has 1 aromatic carbocycles. The van der Waals surface area contributed by atoms with Crippen LogP contribution in [0.2, 0.25) is 0 Å². The van der Waals surface area contributed by atoms with Crippen LogP contribution in [0.5, 0.6) is 0 Å². The molecule has 3 N–H and O–H groups in total. The maximum Gasteiger partial charge on any atom is 0.222 e. The first-order valence-corrected chi connectivity index (χ1v) is 5.91. The van der Waals surface area contributed by atoms with E-state index in [2.05, 4.69) is 5.32 Å². The zero-order valence-electron chi connectivity index (χ0n) is 10.2. The first-order chi connectivity index (χ1) is 8.22. The molecular weight excluding hydrogens is 216 g/mol. The van der Waals surface area contributed by atoms with Gasteiger partial charge >= 0.3 is 0 Å². The average Bonchev–Trinajstić information content (AvgIpc) is 2.34. The normalized spacial score (nSPS) is 10.2. The molecule has 0 aromatic heterocycles. The van der Waals surface area contributed by atoms with Crippen molar-refractivity contribution >= 4 is 11.6 Å². The number of amides is 1. The monoisotopic (exact) mass is 236 g/mol. The Morgan fingerprint density at radius 3 is 2.65 bits per heavy atom. The van der Waals surface area contributed by atoms with E-state index in [1.807, 2.05) is 31.2 Å². The van der Waals surface area contributed by atoms with Crippen molar-refractivity contribution in [1.29, 1.82) is 0 Å². The summed E-state index contributed by atoms with van der Waals surface area (Å²) >= 11 is 0. The molecule has 0 aliphatic heterocycles. The Hall–Kier alpha value is -1.55. The van der Waals surface area contributed by atoms with Gasteiger partial charge in [0.2, 0.25) is 5.91 Å². The lowest BCUT2D eigenvalue weighted by Crippen LogP contribution is -2.23. The van der Waals surface area contributed by atoms with Gasteiger partial charge in [0, 0.05) is 25.3 Å². The maximum absolute atomic E-state index is 11.4. The second kappa shape index (κ2) is 7.68. The third-order valence-corrected chi connectivity index (χ3v) is 2.29. The number of anilines is 1. The summed E-state index contributed by atoms with van der Waals surface area (Å²) in [5.74, 6) is 0.0120. The maximum atomic E-state index is 11.4. The minimum atomic E-state index is 0.0120. The van der Waals surface area contributed by atoms with Crippen molar-refractivity contribution in [2.45, 2.75) is 26.3 Å². The second-order valence-electron chi connectivity index (χ2n) is 3.88. The number of nitrogens with one attached hydrogen (secondary N) is 1. The first kappa shape index (κ1) is 13.5. The Morgan fingerprint density at radius 2 is 2.00 bits per heavy atom. The Labute approximate surface area is 102 Å². The predicted molar refractivity (Wildman–Crippen MR) is 68.4 cm³/mol. The van der Waals surface area contributed by atoms with E-state index in [-0.39, 0.29) is 5.91 Å². The third-order valence-electron chi connectivity index (χ3n) is 2.29. The minimum Gasteiger partial charge on any atom is -0.399 e. The van der Waals surface area contributed by atoms with Crippen LogP contribution in [0.4, 0.5) is 5.69 Å². The molecule has 0 heterocycles. The molecule has 17 heavy (non-hydrogen) atoms. The quantitative estimate of drug-likeness (QED) is 0.559. The number of hydrogen-bond donors (Lipinski definition) is 2. The van der Waals surface area contributed by atoms with E-state index in [4.69, 9.17) is 10.5 Å². The summed E-state index contributed by atoms with van der Waals surface area (Å²) in [7, 11) is 0. The van der Waals surface area contributed by atoms with Crippen LogP contribution >= 0.6 is 0 Å². The molecule has 0 radical (unpaired) electrons. The smallest absolute Gasteiger partial charge is 0.222 e. The number of nitrogens with two attached hydrogens (primary N) is 1. The molecule has 0 fully saturated rings. The molecule has 4 nitrogen and oxygen atoms in total. The predicted octanol–water partition coefficient (Wildman–Crippen LogP) is 1.70. The summed E-state index contributed by atoms with van der Waals surface area (Å²) < 4.78 is 5.24. The van der Waals surface area contributed by atoms with Crippen molar-refractivity contribution in [2.24, 2.45) is 0 Å². The molecule has 0 bridgehead atoms. The average molecular weight is 236 g/mol. The largest absolute Gasteiger partial charge is 0.399 e. The highest BCUT2D eigenvalue weighted by atomic mass is 16.5. The molecule has 1 rings (SSSR count). The van der Waals surface area contributed by atoms with Gasteiger partial charge in [-0.05, 0) is 24.1 Å². The molecule has 0 spiro atoms. The van der Waals surface area contributed by atoms with Gasteiger partial charge in [-0.1, -0.05) is 19.1 Å². The molecule has 94 valence electrons. The lowest BCUT2D eigenvalue weighted by atomic mass is 10.2. The zero-order chi connectivity index (χ0) is 12.5. The molecule has 0 atom stereocenters. The molecule has 0 aliphatic rings. The van der Waals surface area contributed by atoms with Gasteiger partial charge in [-0.2, -0.15) is 0 Å². The van der Waals surface area contributed by atoms with Crippen molar-refractivity contribution in [3.63, 3.8) is 0 Å². The Morgan fingerprint density at radius 1 is 1.29 bits per heavy atom. The summed E-state index contributed by atoms with van der Waals surface area (Å²) in [6, 6.07) is 7.46. The van der Waals surface area contributed by atoms with Crippen LogP contribution in [0.25, 0.3) is 0 Å². The second-order valence-corrected chi connectivity index (χ2v) is 3.88. The summed E-state index contributed by atoms with van der Waals surface area (Å²) in [5, 5.41) is 2.84. The molecule has 1 amide bonds. The Bertz CT molecular complexity index is 336. The van der Waals surface area contributed by atoms with Crippen LogP contribution in [-0.2, 0) is 16.1 Å². The summed E-state index contributed by atoms with van der Waals surface area (Å²) in [6.07, 6.45) is 1.39. The number of nitrogen functional groups attached to an aromatic ring is 1. The molecule has 0 aliphatic carbocycles. The Kier molecular flexibility index (Phi) is 6.10. The van der Waals surface area contributed by atoms with Gasteiger partial charge in [-0.15, -0.1) is 0 Å². The van der Waals surface area contributed by atoms with Crippen molar-refractivity contribution in [2.75, 3.05) is 18.9 Å². The van der Waals surface area contributed by atoms with Crippen molar-refractivity contribution in [1.82, 2.24) is 5.32 Å². The number of benzene rings is 1. The van der Waals surface area contributed by atoms with Gasteiger partial charge in [-0.25, -0.2) is 0 Å². The van der Waals surface area contributed by atoms with Crippen LogP contribution in [0, 0.1) is 0 Å². The molecular formula is C13H20N2O2. The van der Waals surface area contributed by atoms with Gasteiger partial charge in [0.25, 0.3) is 0 Å². The molecule has 1 aromatic rings. The van der Waals surface area contributed by atoms with Crippen molar-refractivity contribution < 1.29 is 9.53 Å². The van der Waals surface area contributed by atoms with Gasteiger partial charge in [0.15, 0.2) is 0 Å². The summed E-state index contributed by atoms with van der Waals surface area (Å²) in [6.45, 7) is 3.78. The van der Waals surface area contributed by atoms with Crippen LogP contribution in [0.15, 0.2) is 24.3 Å². The summed E-state index contributed by atoms with van der Waals surface area (Å²) in [5.41, 5.74) is 7.35. The van der Waals surface area contributed by atoms with Crippen LogP contribution < -0.4 is 11.1 Å². The zero-order valence-corrected chi connectivity index (χ0v) is 10.2. The molecule has 4 heteroatoms. The van der Waals surface area contributed by atoms with E-state index in [9.17, 15) is 4.79 Å². The van der Waals surface area contributed by atoms with Crippen molar-refractivity contribution in [3.8, 4) is 0 Å². The fourth-order valence-corrected chi connectivity index (χ4v) is 1.34. The lowest BCUT2D eigenvalue weighted by Gasteiger charge is -2.06. The molecule has 0 saturated carbocycles.